The summed E-state index contributed by atoms with van der Waals surface area (Å²) in [7, 11) is -1.08. The van der Waals surface area contributed by atoms with Crippen molar-refractivity contribution in [2.45, 2.75) is 11.9 Å². The molecule has 0 fully saturated rings. The summed E-state index contributed by atoms with van der Waals surface area (Å²) in [5.41, 5.74) is 1.13. The van der Waals surface area contributed by atoms with E-state index in [0.29, 0.717) is 0 Å². The van der Waals surface area contributed by atoms with Gasteiger partial charge < -0.3 is 4.74 Å². The van der Waals surface area contributed by atoms with Gasteiger partial charge in [0.25, 0.3) is 10.0 Å². The van der Waals surface area contributed by atoms with Crippen LogP contribution in [-0.4, -0.2) is 31.3 Å². The molecule has 0 aliphatic carbocycles. The Hall–Kier alpha value is -2.35. The van der Waals surface area contributed by atoms with E-state index in [0.717, 1.165) is 5.56 Å². The Morgan fingerprint density at radius 2 is 2.05 bits per heavy atom. The van der Waals surface area contributed by atoms with Crippen molar-refractivity contribution in [1.29, 1.82) is 0 Å². The number of esters is 1. The summed E-state index contributed by atoms with van der Waals surface area (Å²) in [6.45, 7) is 1.80. The Morgan fingerprint density at radius 3 is 2.62 bits per heavy atom. The topological polar surface area (TPSA) is 90.3 Å². The van der Waals surface area contributed by atoms with Crippen molar-refractivity contribution in [3.8, 4) is 0 Å². The third kappa shape index (κ3) is 3.05. The molecule has 0 saturated carbocycles. The molecule has 0 aliphatic heterocycles. The van der Waals surface area contributed by atoms with Crippen molar-refractivity contribution < 1.29 is 17.9 Å². The van der Waals surface area contributed by atoms with Gasteiger partial charge >= 0.3 is 5.97 Å². The Balaban J connectivity index is 2.45. The van der Waals surface area contributed by atoms with Crippen molar-refractivity contribution in [3.63, 3.8) is 0 Å². The molecule has 0 spiro atoms. The molecule has 1 aromatic heterocycles. The summed E-state index contributed by atoms with van der Waals surface area (Å²) in [6.07, 6.45) is 1.38. The summed E-state index contributed by atoms with van der Waals surface area (Å²) in [6, 6.07) is 6.16. The Kier molecular flexibility index (Phi) is 3.99. The highest BCUT2D eigenvalue weighted by Gasteiger charge is 2.21. The molecule has 0 atom stereocenters. The molecule has 21 heavy (non-hydrogen) atoms. The van der Waals surface area contributed by atoms with Crippen molar-refractivity contribution in [2.24, 2.45) is 7.05 Å². The number of nitrogens with one attached hydrogen (secondary N) is 1. The van der Waals surface area contributed by atoms with E-state index in [9.17, 15) is 13.2 Å². The molecule has 7 nitrogen and oxygen atoms in total. The number of sulfonamides is 1. The third-order valence-corrected chi connectivity index (χ3v) is 4.32. The Bertz CT molecular complexity index is 780. The molecule has 2 aromatic rings. The van der Waals surface area contributed by atoms with Gasteiger partial charge in [-0.25, -0.2) is 4.79 Å². The van der Waals surface area contributed by atoms with Gasteiger partial charge in [0.1, 0.15) is 0 Å². The molecule has 0 saturated heterocycles. The van der Waals surface area contributed by atoms with Crippen LogP contribution in [0, 0.1) is 6.92 Å². The monoisotopic (exact) mass is 309 g/mol. The largest absolute Gasteiger partial charge is 0.465 e. The van der Waals surface area contributed by atoms with Gasteiger partial charge in [-0.05, 0) is 25.1 Å². The lowest BCUT2D eigenvalue weighted by Gasteiger charge is -2.12. The highest BCUT2D eigenvalue weighted by molar-refractivity contribution is 7.92. The van der Waals surface area contributed by atoms with Gasteiger partial charge in [0, 0.05) is 7.05 Å². The molecular weight excluding hydrogens is 294 g/mol. The number of hydrogen-bond acceptors (Lipinski definition) is 5. The predicted molar refractivity (Wildman–Crippen MR) is 76.5 cm³/mol. The molecule has 8 heteroatoms. The molecule has 2 rings (SSSR count). The number of anilines is 1. The van der Waals surface area contributed by atoms with Crippen LogP contribution in [-0.2, 0) is 21.8 Å². The van der Waals surface area contributed by atoms with Gasteiger partial charge in [-0.2, -0.15) is 13.5 Å². The number of carbonyl (C=O) groups is 1. The molecule has 1 heterocycles. The minimum absolute atomic E-state index is 0.00103. The van der Waals surface area contributed by atoms with E-state index in [2.05, 4.69) is 14.6 Å². The van der Waals surface area contributed by atoms with Gasteiger partial charge in [0.05, 0.1) is 24.6 Å². The number of methoxy groups -OCH3 is 1. The molecular formula is C13H15N3O4S. The number of benzene rings is 1. The molecule has 112 valence electrons. The van der Waals surface area contributed by atoms with Crippen LogP contribution >= 0.6 is 0 Å². The van der Waals surface area contributed by atoms with Gasteiger partial charge in [0.2, 0.25) is 0 Å². The second-order valence-corrected chi connectivity index (χ2v) is 6.07. The van der Waals surface area contributed by atoms with Gasteiger partial charge in [-0.3, -0.25) is 9.40 Å². The second kappa shape index (κ2) is 5.57. The Labute approximate surface area is 122 Å². The lowest BCUT2D eigenvalue weighted by atomic mass is 10.1. The summed E-state index contributed by atoms with van der Waals surface area (Å²) in [5, 5.41) is 3.82. The van der Waals surface area contributed by atoms with E-state index < -0.39 is 16.0 Å². The van der Waals surface area contributed by atoms with Crippen molar-refractivity contribution >= 4 is 21.7 Å². The standard InChI is InChI=1S/C13H15N3O4S/c1-9-4-5-11(10(8-9)13(17)20-3)15-21(18,19)12-6-7-14-16(12)2/h4-8,15H,1-3H3. The molecule has 1 N–H and O–H groups in total. The zero-order valence-electron chi connectivity index (χ0n) is 11.8. The Morgan fingerprint density at radius 1 is 1.33 bits per heavy atom. The summed E-state index contributed by atoms with van der Waals surface area (Å²) < 4.78 is 32.9. The average molecular weight is 309 g/mol. The average Bonchev–Trinajstić information content (AvgIpc) is 2.87. The van der Waals surface area contributed by atoms with E-state index in [-0.39, 0.29) is 16.3 Å². The van der Waals surface area contributed by atoms with Crippen LogP contribution in [0.3, 0.4) is 0 Å². The lowest BCUT2D eigenvalue weighted by molar-refractivity contribution is 0.0602. The second-order valence-electron chi connectivity index (χ2n) is 4.44. The highest BCUT2D eigenvalue weighted by atomic mass is 32.2. The summed E-state index contributed by atoms with van der Waals surface area (Å²) >= 11 is 0. The summed E-state index contributed by atoms with van der Waals surface area (Å²) in [4.78, 5) is 11.8. The molecule has 0 radical (unpaired) electrons. The molecule has 1 aromatic carbocycles. The fourth-order valence-corrected chi connectivity index (χ4v) is 3.06. The normalized spacial score (nSPS) is 11.2. The van der Waals surface area contributed by atoms with E-state index in [1.807, 2.05) is 0 Å². The first kappa shape index (κ1) is 15.0. The number of hydrogen-bond donors (Lipinski definition) is 1. The first-order valence-electron chi connectivity index (χ1n) is 6.05. The van der Waals surface area contributed by atoms with Crippen LogP contribution in [0.15, 0.2) is 35.5 Å². The van der Waals surface area contributed by atoms with Gasteiger partial charge in [-0.1, -0.05) is 11.6 Å². The number of nitrogens with zero attached hydrogens (tertiary/aromatic N) is 2. The minimum Gasteiger partial charge on any atom is -0.465 e. The van der Waals surface area contributed by atoms with Crippen molar-refractivity contribution in [3.05, 3.63) is 41.6 Å². The lowest BCUT2D eigenvalue weighted by Crippen LogP contribution is -2.18. The molecule has 0 amide bonds. The van der Waals surface area contributed by atoms with Crippen molar-refractivity contribution in [1.82, 2.24) is 9.78 Å². The summed E-state index contributed by atoms with van der Waals surface area (Å²) in [5.74, 6) is -0.610. The molecule has 0 bridgehead atoms. The van der Waals surface area contributed by atoms with Crippen molar-refractivity contribution in [2.75, 3.05) is 11.8 Å². The van der Waals surface area contributed by atoms with Crippen LogP contribution in [0.25, 0.3) is 0 Å². The first-order valence-corrected chi connectivity index (χ1v) is 7.53. The maximum Gasteiger partial charge on any atom is 0.340 e. The maximum atomic E-state index is 12.3. The van der Waals surface area contributed by atoms with Crippen LogP contribution in [0.4, 0.5) is 5.69 Å². The van der Waals surface area contributed by atoms with Crippen LogP contribution < -0.4 is 4.72 Å². The SMILES string of the molecule is COC(=O)c1cc(C)ccc1NS(=O)(=O)c1ccnn1C. The number of rotatable bonds is 4. The zero-order chi connectivity index (χ0) is 15.6. The maximum absolute atomic E-state index is 12.3. The van der Waals surface area contributed by atoms with Crippen LogP contribution in [0.1, 0.15) is 15.9 Å². The zero-order valence-corrected chi connectivity index (χ0v) is 12.6. The van der Waals surface area contributed by atoms with Gasteiger partial charge in [0.15, 0.2) is 5.03 Å². The van der Waals surface area contributed by atoms with Crippen LogP contribution in [0.2, 0.25) is 0 Å². The quantitative estimate of drug-likeness (QED) is 0.860. The minimum atomic E-state index is -3.84. The van der Waals surface area contributed by atoms with E-state index in [1.165, 1.54) is 37.2 Å². The van der Waals surface area contributed by atoms with Crippen LogP contribution in [0.5, 0.6) is 0 Å². The third-order valence-electron chi connectivity index (χ3n) is 2.88. The highest BCUT2D eigenvalue weighted by Crippen LogP contribution is 2.22. The smallest absolute Gasteiger partial charge is 0.340 e. The number of aromatic nitrogens is 2. The number of aryl methyl sites for hydroxylation is 2. The van der Waals surface area contributed by atoms with E-state index in [4.69, 9.17) is 0 Å². The fourth-order valence-electron chi connectivity index (χ4n) is 1.85. The van der Waals surface area contributed by atoms with E-state index in [1.54, 1.807) is 19.1 Å². The molecule has 0 aliphatic rings. The van der Waals surface area contributed by atoms with Gasteiger partial charge in [-0.15, -0.1) is 0 Å². The fraction of sp³-hybridized carbons (Fsp3) is 0.231. The first-order chi connectivity index (χ1) is 9.85. The number of ether oxygens (including phenoxy) is 1. The molecule has 0 unspecified atom stereocenters. The predicted octanol–water partition coefficient (Wildman–Crippen LogP) is 1.32. The van der Waals surface area contributed by atoms with E-state index >= 15 is 0 Å². The number of carbonyl (C=O) groups excluding carboxylic acids is 1.